The smallest absolute Gasteiger partial charge is 0.342 e. The molecule has 2 amide bonds. The summed E-state index contributed by atoms with van der Waals surface area (Å²) < 4.78 is 40.8. The monoisotopic (exact) mass is 357 g/mol. The normalized spacial score (nSPS) is 22.7. The van der Waals surface area contributed by atoms with Crippen LogP contribution in [0.15, 0.2) is 0 Å². The second kappa shape index (κ2) is 5.20. The fourth-order valence-electron chi connectivity index (χ4n) is 3.87. The van der Waals surface area contributed by atoms with Crippen LogP contribution in [0.1, 0.15) is 34.8 Å². The first-order valence-electron chi connectivity index (χ1n) is 8.19. The van der Waals surface area contributed by atoms with Gasteiger partial charge in [0.05, 0.1) is 25.5 Å². The molecule has 1 spiro atoms. The number of hydrogen-bond donors (Lipinski definition) is 1. The number of rotatable bonds is 1. The number of aromatic nitrogens is 2. The van der Waals surface area contributed by atoms with Gasteiger partial charge in [0.25, 0.3) is 5.91 Å². The van der Waals surface area contributed by atoms with E-state index < -0.39 is 23.4 Å². The number of amides is 2. The van der Waals surface area contributed by atoms with Gasteiger partial charge in [0, 0.05) is 6.54 Å². The first-order valence-corrected chi connectivity index (χ1v) is 8.19. The molecule has 0 radical (unpaired) electrons. The van der Waals surface area contributed by atoms with Gasteiger partial charge < -0.3 is 14.8 Å². The molecule has 0 bridgehead atoms. The van der Waals surface area contributed by atoms with Crippen molar-refractivity contribution in [3.05, 3.63) is 17.2 Å². The van der Waals surface area contributed by atoms with E-state index >= 15 is 0 Å². The van der Waals surface area contributed by atoms with Crippen LogP contribution in [0.5, 0.6) is 0 Å². The van der Waals surface area contributed by atoms with E-state index in [4.69, 9.17) is 0 Å². The molecule has 3 aliphatic heterocycles. The highest BCUT2D eigenvalue weighted by molar-refractivity contribution is 5.98. The molecule has 0 saturated carbocycles. The van der Waals surface area contributed by atoms with Crippen molar-refractivity contribution in [3.63, 3.8) is 0 Å². The zero-order chi connectivity index (χ0) is 18.0. The van der Waals surface area contributed by atoms with E-state index in [9.17, 15) is 22.8 Å². The van der Waals surface area contributed by atoms with Gasteiger partial charge in [-0.05, 0) is 26.3 Å². The lowest BCUT2D eigenvalue weighted by Gasteiger charge is -2.48. The van der Waals surface area contributed by atoms with E-state index in [0.29, 0.717) is 25.2 Å². The first kappa shape index (κ1) is 16.4. The fourth-order valence-corrected chi connectivity index (χ4v) is 3.87. The summed E-state index contributed by atoms with van der Waals surface area (Å²) in [5.74, 6) is -1.68. The molecule has 4 heterocycles. The van der Waals surface area contributed by atoms with E-state index in [0.717, 1.165) is 11.0 Å². The molecule has 1 N–H and O–H groups in total. The Balaban J connectivity index is 1.62. The fraction of sp³-hybridized carbons (Fsp3) is 0.667. The quantitative estimate of drug-likeness (QED) is 0.792. The van der Waals surface area contributed by atoms with E-state index in [-0.39, 0.29) is 31.2 Å². The summed E-state index contributed by atoms with van der Waals surface area (Å²) in [6, 6.07) is 0. The van der Waals surface area contributed by atoms with Gasteiger partial charge in [-0.2, -0.15) is 13.2 Å². The van der Waals surface area contributed by atoms with Crippen LogP contribution >= 0.6 is 0 Å². The minimum Gasteiger partial charge on any atom is -0.342 e. The second-order valence-corrected chi connectivity index (χ2v) is 6.89. The average Bonchev–Trinajstić information content (AvgIpc) is 3.04. The highest BCUT2D eigenvalue weighted by atomic mass is 19.4. The van der Waals surface area contributed by atoms with Crippen molar-refractivity contribution >= 4 is 11.8 Å². The summed E-state index contributed by atoms with van der Waals surface area (Å²) in [5, 5.41) is 2.72. The molecule has 1 aromatic rings. The molecule has 2 saturated heterocycles. The molecule has 0 atom stereocenters. The number of nitrogens with one attached hydrogen (secondary N) is 1. The number of halogens is 3. The number of likely N-dealkylation sites (tertiary alicyclic amines) is 1. The van der Waals surface area contributed by atoms with Crippen molar-refractivity contribution in [2.75, 3.05) is 26.8 Å². The largest absolute Gasteiger partial charge is 0.449 e. The number of imidazole rings is 1. The third kappa shape index (κ3) is 2.26. The van der Waals surface area contributed by atoms with Crippen LogP contribution in [0.4, 0.5) is 13.2 Å². The van der Waals surface area contributed by atoms with Crippen LogP contribution in [0.25, 0.3) is 0 Å². The van der Waals surface area contributed by atoms with Crippen molar-refractivity contribution in [1.29, 1.82) is 0 Å². The number of carbonyl (C=O) groups is 2. The van der Waals surface area contributed by atoms with Gasteiger partial charge in [-0.1, -0.05) is 0 Å². The lowest BCUT2D eigenvalue weighted by Crippen LogP contribution is -2.71. The molecular weight excluding hydrogens is 339 g/mol. The van der Waals surface area contributed by atoms with Crippen molar-refractivity contribution in [3.8, 4) is 0 Å². The van der Waals surface area contributed by atoms with Crippen LogP contribution in [0, 0.1) is 0 Å². The SMILES string of the molecule is CN1CNC(=O)C12CN(C(=O)c1nc(C(F)(F)F)n3c1CCCC3)C2. The molecule has 0 aliphatic carbocycles. The van der Waals surface area contributed by atoms with Gasteiger partial charge in [-0.3, -0.25) is 14.5 Å². The van der Waals surface area contributed by atoms with Crippen molar-refractivity contribution < 1.29 is 22.8 Å². The third-order valence-electron chi connectivity index (χ3n) is 5.40. The Hall–Kier alpha value is -2.10. The van der Waals surface area contributed by atoms with Crippen molar-refractivity contribution in [1.82, 2.24) is 24.7 Å². The van der Waals surface area contributed by atoms with Crippen LogP contribution in [-0.2, 0) is 23.9 Å². The maximum absolute atomic E-state index is 13.2. The van der Waals surface area contributed by atoms with Crippen molar-refractivity contribution in [2.24, 2.45) is 0 Å². The number of likely N-dealkylation sites (N-methyl/N-ethyl adjacent to an activating group) is 1. The van der Waals surface area contributed by atoms with Crippen LogP contribution < -0.4 is 5.32 Å². The van der Waals surface area contributed by atoms with Gasteiger partial charge in [0.1, 0.15) is 11.2 Å². The van der Waals surface area contributed by atoms with Crippen LogP contribution in [0.3, 0.4) is 0 Å². The Kier molecular flexibility index (Phi) is 3.40. The highest BCUT2D eigenvalue weighted by Crippen LogP contribution is 2.35. The second-order valence-electron chi connectivity index (χ2n) is 6.89. The summed E-state index contributed by atoms with van der Waals surface area (Å²) in [6.07, 6.45) is -2.81. The third-order valence-corrected chi connectivity index (χ3v) is 5.40. The molecule has 0 aromatic carbocycles. The van der Waals surface area contributed by atoms with Gasteiger partial charge in [-0.15, -0.1) is 0 Å². The Labute approximate surface area is 141 Å². The summed E-state index contributed by atoms with van der Waals surface area (Å²) in [5.41, 5.74) is -0.529. The van der Waals surface area contributed by atoms with Crippen LogP contribution in [0.2, 0.25) is 0 Å². The molecule has 7 nitrogen and oxygen atoms in total. The lowest BCUT2D eigenvalue weighted by molar-refractivity contribution is -0.147. The zero-order valence-electron chi connectivity index (χ0n) is 13.7. The maximum atomic E-state index is 13.2. The Morgan fingerprint density at radius 3 is 2.60 bits per heavy atom. The summed E-state index contributed by atoms with van der Waals surface area (Å²) in [4.78, 5) is 31.6. The number of fused-ring (bicyclic) bond motifs is 1. The van der Waals surface area contributed by atoms with E-state index in [1.807, 2.05) is 4.90 Å². The predicted molar refractivity (Wildman–Crippen MR) is 79.6 cm³/mol. The lowest BCUT2D eigenvalue weighted by atomic mass is 9.88. The highest BCUT2D eigenvalue weighted by Gasteiger charge is 2.57. The Morgan fingerprint density at radius 2 is 2.00 bits per heavy atom. The Bertz CT molecular complexity index is 751. The van der Waals surface area contributed by atoms with E-state index in [1.54, 1.807) is 7.05 Å². The summed E-state index contributed by atoms with van der Waals surface area (Å²) in [6.45, 7) is 0.960. The topological polar surface area (TPSA) is 70.5 Å². The molecule has 3 aliphatic rings. The molecule has 136 valence electrons. The standard InChI is InChI=1S/C15H18F3N5O2/c1-21-8-19-13(25)14(21)6-22(7-14)11(24)10-9-4-2-3-5-23(9)12(20-10)15(16,17)18/h2-8H2,1H3,(H,19,25). The molecule has 10 heteroatoms. The summed E-state index contributed by atoms with van der Waals surface area (Å²) >= 11 is 0. The van der Waals surface area contributed by atoms with Crippen LogP contribution in [-0.4, -0.2) is 63.5 Å². The first-order chi connectivity index (χ1) is 11.7. The number of hydrogen-bond acceptors (Lipinski definition) is 4. The van der Waals surface area contributed by atoms with E-state index in [1.165, 1.54) is 4.90 Å². The average molecular weight is 357 g/mol. The van der Waals surface area contributed by atoms with Gasteiger partial charge in [-0.25, -0.2) is 4.98 Å². The number of alkyl halides is 3. The predicted octanol–water partition coefficient (Wildman–Crippen LogP) is 0.452. The molecule has 2 fully saturated rings. The number of nitrogens with zero attached hydrogens (tertiary/aromatic N) is 4. The van der Waals surface area contributed by atoms with Gasteiger partial charge in [0.15, 0.2) is 0 Å². The van der Waals surface area contributed by atoms with Gasteiger partial charge >= 0.3 is 6.18 Å². The van der Waals surface area contributed by atoms with E-state index in [2.05, 4.69) is 10.3 Å². The summed E-state index contributed by atoms with van der Waals surface area (Å²) in [7, 11) is 1.78. The molecule has 1 aromatic heterocycles. The molecular formula is C15H18F3N5O2. The molecule has 0 unspecified atom stereocenters. The van der Waals surface area contributed by atoms with Crippen molar-refractivity contribution in [2.45, 2.75) is 37.5 Å². The Morgan fingerprint density at radius 1 is 1.28 bits per heavy atom. The number of carbonyl (C=O) groups excluding carboxylic acids is 2. The zero-order valence-corrected chi connectivity index (χ0v) is 13.7. The maximum Gasteiger partial charge on any atom is 0.449 e. The van der Waals surface area contributed by atoms with Gasteiger partial charge in [0.2, 0.25) is 11.7 Å². The molecule has 25 heavy (non-hydrogen) atoms. The minimum atomic E-state index is -4.59. The minimum absolute atomic E-state index is 0.122. The molecule has 4 rings (SSSR count).